The average molecular weight is 240 g/mol. The van der Waals surface area contributed by atoms with Gasteiger partial charge in [0.2, 0.25) is 0 Å². The topological polar surface area (TPSA) is 12.9 Å². The Morgan fingerprint density at radius 2 is 2.15 bits per heavy atom. The third-order valence-corrected chi connectivity index (χ3v) is 1.77. The predicted octanol–water partition coefficient (Wildman–Crippen LogP) is 3.51. The Kier molecular flexibility index (Phi) is 6.15. The first-order valence-electron chi connectivity index (χ1n) is 4.03. The van der Waals surface area contributed by atoms with Crippen LogP contribution in [0.3, 0.4) is 0 Å². The maximum atomic E-state index is 4.25. The Balaban J connectivity index is 0.00000144. The van der Waals surface area contributed by atoms with Crippen LogP contribution in [0.2, 0.25) is 0 Å². The van der Waals surface area contributed by atoms with Crippen LogP contribution in [0.15, 0.2) is 49.7 Å². The molecule has 13 heavy (non-hydrogen) atoms. The third-order valence-electron chi connectivity index (χ3n) is 1.77. The maximum absolute atomic E-state index is 4.25. The Morgan fingerprint density at radius 1 is 1.38 bits per heavy atom. The molecule has 70 valence electrons. The summed E-state index contributed by atoms with van der Waals surface area (Å²) in [7, 11) is 0. The van der Waals surface area contributed by atoms with Crippen molar-refractivity contribution in [3.63, 3.8) is 0 Å². The summed E-state index contributed by atoms with van der Waals surface area (Å²) < 4.78 is 0. The normalized spacial score (nSPS) is 11.1. The highest BCUT2D eigenvalue weighted by atomic mass is 79.9. The van der Waals surface area contributed by atoms with Gasteiger partial charge in [0, 0.05) is 17.8 Å². The second-order valence-corrected chi connectivity index (χ2v) is 2.62. The van der Waals surface area contributed by atoms with Gasteiger partial charge in [-0.15, -0.1) is 30.1 Å². The first-order valence-corrected chi connectivity index (χ1v) is 4.03. The summed E-state index contributed by atoms with van der Waals surface area (Å²) >= 11 is 0. The van der Waals surface area contributed by atoms with E-state index >= 15 is 0 Å². The van der Waals surface area contributed by atoms with Gasteiger partial charge < -0.3 is 0 Å². The van der Waals surface area contributed by atoms with Crippen molar-refractivity contribution >= 4 is 17.0 Å². The second-order valence-electron chi connectivity index (χ2n) is 2.62. The van der Waals surface area contributed by atoms with Crippen LogP contribution in [0.5, 0.6) is 0 Å². The highest BCUT2D eigenvalue weighted by molar-refractivity contribution is 8.93. The molecule has 0 saturated carbocycles. The molecule has 0 radical (unpaired) electrons. The van der Waals surface area contributed by atoms with Crippen molar-refractivity contribution in [3.8, 4) is 0 Å². The van der Waals surface area contributed by atoms with Crippen LogP contribution < -0.4 is 0 Å². The lowest BCUT2D eigenvalue weighted by molar-refractivity contribution is 0.827. The number of hydrogen-bond donors (Lipinski definition) is 0. The summed E-state index contributed by atoms with van der Waals surface area (Å²) in [5.74, 6) is 0.309. The summed E-state index contributed by atoms with van der Waals surface area (Å²) in [6.45, 7) is 7.47. The lowest BCUT2D eigenvalue weighted by Crippen LogP contribution is -1.95. The lowest BCUT2D eigenvalue weighted by Gasteiger charge is -2.07. The van der Waals surface area contributed by atoms with E-state index in [0.29, 0.717) is 5.92 Å². The third kappa shape index (κ3) is 3.55. The quantitative estimate of drug-likeness (QED) is 0.734. The fourth-order valence-corrected chi connectivity index (χ4v) is 1.11. The lowest BCUT2D eigenvalue weighted by atomic mass is 10.0. The van der Waals surface area contributed by atoms with E-state index in [0.717, 1.165) is 12.1 Å². The molecule has 1 nitrogen and oxygen atoms in total. The molecule has 0 N–H and O–H groups in total. The monoisotopic (exact) mass is 239 g/mol. The van der Waals surface area contributed by atoms with Crippen LogP contribution in [0, 0.1) is 0 Å². The van der Waals surface area contributed by atoms with Gasteiger partial charge in [0.05, 0.1) is 0 Å². The first-order chi connectivity index (χ1) is 5.88. The van der Waals surface area contributed by atoms with Crippen LogP contribution in [0.1, 0.15) is 18.0 Å². The summed E-state index contributed by atoms with van der Waals surface area (Å²) in [5, 5.41) is 0. The summed E-state index contributed by atoms with van der Waals surface area (Å²) in [5.41, 5.74) is 1.06. The minimum Gasteiger partial charge on any atom is -0.261 e. The maximum Gasteiger partial charge on any atom is 0.0475 e. The van der Waals surface area contributed by atoms with Gasteiger partial charge in [0.1, 0.15) is 0 Å². The number of aromatic nitrogens is 1. The van der Waals surface area contributed by atoms with Crippen LogP contribution in [0.4, 0.5) is 0 Å². The molecule has 1 unspecified atom stereocenters. The molecule has 0 fully saturated rings. The highest BCUT2D eigenvalue weighted by Crippen LogP contribution is 2.17. The molecule has 0 aliphatic heterocycles. The summed E-state index contributed by atoms with van der Waals surface area (Å²) in [6.07, 6.45) is 6.50. The van der Waals surface area contributed by atoms with E-state index in [2.05, 4.69) is 18.1 Å². The molecule has 1 atom stereocenters. The molecule has 0 bridgehead atoms. The number of hydrogen-bond acceptors (Lipinski definition) is 1. The van der Waals surface area contributed by atoms with Gasteiger partial charge in [-0.05, 0) is 18.6 Å². The molecular formula is C11H14BrN. The summed E-state index contributed by atoms with van der Waals surface area (Å²) in [4.78, 5) is 4.25. The standard InChI is InChI=1S/C11H13N.BrH/c1-3-7-10(4-2)11-8-5-6-9-12-11;/h3-6,8-10H,1-2,7H2;1H. The van der Waals surface area contributed by atoms with E-state index in [4.69, 9.17) is 0 Å². The minimum absolute atomic E-state index is 0. The van der Waals surface area contributed by atoms with Crippen LogP contribution in [-0.2, 0) is 0 Å². The minimum atomic E-state index is 0. The van der Waals surface area contributed by atoms with E-state index in [9.17, 15) is 0 Å². The smallest absolute Gasteiger partial charge is 0.0475 e. The Morgan fingerprint density at radius 3 is 2.62 bits per heavy atom. The molecule has 0 aliphatic rings. The van der Waals surface area contributed by atoms with Crippen LogP contribution in [0.25, 0.3) is 0 Å². The fraction of sp³-hybridized carbons (Fsp3) is 0.182. The van der Waals surface area contributed by atoms with E-state index in [-0.39, 0.29) is 17.0 Å². The van der Waals surface area contributed by atoms with Crippen molar-refractivity contribution in [3.05, 3.63) is 55.4 Å². The van der Waals surface area contributed by atoms with Crippen molar-refractivity contribution in [2.75, 3.05) is 0 Å². The number of nitrogens with zero attached hydrogens (tertiary/aromatic N) is 1. The second kappa shape index (κ2) is 6.61. The van der Waals surface area contributed by atoms with Gasteiger partial charge in [-0.3, -0.25) is 4.98 Å². The molecule has 0 aliphatic carbocycles. The zero-order valence-corrected chi connectivity index (χ0v) is 9.23. The van der Waals surface area contributed by atoms with Gasteiger partial charge in [-0.1, -0.05) is 18.2 Å². The van der Waals surface area contributed by atoms with Crippen molar-refractivity contribution in [2.24, 2.45) is 0 Å². The van der Waals surface area contributed by atoms with E-state index in [1.54, 1.807) is 6.20 Å². The SMILES string of the molecule is Br.C=CCC(C=C)c1ccccn1. The average Bonchev–Trinajstić information content (AvgIpc) is 2.15. The molecule has 2 heteroatoms. The van der Waals surface area contributed by atoms with Crippen molar-refractivity contribution < 1.29 is 0 Å². The van der Waals surface area contributed by atoms with Crippen molar-refractivity contribution in [1.82, 2.24) is 4.98 Å². The molecule has 1 aromatic heterocycles. The van der Waals surface area contributed by atoms with Crippen molar-refractivity contribution in [2.45, 2.75) is 12.3 Å². The Bertz CT molecular complexity index is 256. The fourth-order valence-electron chi connectivity index (χ4n) is 1.11. The molecule has 0 aromatic carbocycles. The Hall–Kier alpha value is -0.890. The highest BCUT2D eigenvalue weighted by Gasteiger charge is 2.04. The zero-order valence-electron chi connectivity index (χ0n) is 7.52. The van der Waals surface area contributed by atoms with E-state index in [1.165, 1.54) is 0 Å². The van der Waals surface area contributed by atoms with E-state index < -0.39 is 0 Å². The van der Waals surface area contributed by atoms with Crippen LogP contribution in [-0.4, -0.2) is 4.98 Å². The van der Waals surface area contributed by atoms with Crippen molar-refractivity contribution in [1.29, 1.82) is 0 Å². The summed E-state index contributed by atoms with van der Waals surface area (Å²) in [6, 6.07) is 5.91. The molecule has 0 spiro atoms. The predicted molar refractivity (Wildman–Crippen MR) is 62.3 cm³/mol. The number of halogens is 1. The van der Waals surface area contributed by atoms with Crippen LogP contribution >= 0.6 is 17.0 Å². The first kappa shape index (κ1) is 12.1. The number of rotatable bonds is 4. The number of pyridine rings is 1. The molecule has 1 heterocycles. The molecule has 1 rings (SSSR count). The van der Waals surface area contributed by atoms with Gasteiger partial charge in [0.25, 0.3) is 0 Å². The van der Waals surface area contributed by atoms with Gasteiger partial charge >= 0.3 is 0 Å². The van der Waals surface area contributed by atoms with Gasteiger partial charge in [0.15, 0.2) is 0 Å². The Labute approximate surface area is 90.0 Å². The van der Waals surface area contributed by atoms with E-state index in [1.807, 2.05) is 30.4 Å². The zero-order chi connectivity index (χ0) is 8.81. The molecule has 1 aromatic rings. The van der Waals surface area contributed by atoms with Gasteiger partial charge in [-0.25, -0.2) is 0 Å². The molecule has 0 amide bonds. The molecular weight excluding hydrogens is 226 g/mol. The largest absolute Gasteiger partial charge is 0.261 e. The molecule has 0 saturated heterocycles. The number of allylic oxidation sites excluding steroid dienone is 2. The van der Waals surface area contributed by atoms with Gasteiger partial charge in [-0.2, -0.15) is 0 Å².